The first-order valence-electron chi connectivity index (χ1n) is 10.5. The molecule has 1 saturated carbocycles. The van der Waals surface area contributed by atoms with E-state index in [1.807, 2.05) is 6.92 Å². The van der Waals surface area contributed by atoms with Gasteiger partial charge in [-0.1, -0.05) is 26.2 Å². The van der Waals surface area contributed by atoms with E-state index in [-0.39, 0.29) is 18.6 Å². The Balaban J connectivity index is 1.77. The number of esters is 1. The highest BCUT2D eigenvalue weighted by Gasteiger charge is 2.38. The van der Waals surface area contributed by atoms with Gasteiger partial charge in [0.25, 0.3) is 5.91 Å². The Morgan fingerprint density at radius 1 is 1.10 bits per heavy atom. The number of rotatable bonds is 10. The molecule has 0 atom stereocenters. The lowest BCUT2D eigenvalue weighted by Crippen LogP contribution is -2.51. The molecule has 162 valence electrons. The van der Waals surface area contributed by atoms with E-state index in [9.17, 15) is 19.6 Å². The number of hydrogen-bond donors (Lipinski definition) is 0. The number of carbonyl (C=O) groups is 3. The molecule has 0 aromatic heterocycles. The zero-order valence-corrected chi connectivity index (χ0v) is 17.8. The summed E-state index contributed by atoms with van der Waals surface area (Å²) in [5, 5.41) is 9.55. The van der Waals surface area contributed by atoms with Gasteiger partial charge in [-0.25, -0.2) is 0 Å². The normalized spacial score (nSPS) is 15.0. The van der Waals surface area contributed by atoms with E-state index in [0.29, 0.717) is 30.8 Å². The van der Waals surface area contributed by atoms with E-state index in [2.05, 4.69) is 6.07 Å². The number of nitriles is 1. The lowest BCUT2D eigenvalue weighted by atomic mass is 9.81. The number of nitrogens with zero attached hydrogens (tertiary/aromatic N) is 2. The lowest BCUT2D eigenvalue weighted by molar-refractivity contribution is -0.153. The summed E-state index contributed by atoms with van der Waals surface area (Å²) in [6.45, 7) is 2.21. The van der Waals surface area contributed by atoms with Gasteiger partial charge in [0.05, 0.1) is 19.1 Å². The smallest absolute Gasteiger partial charge is 0.306 e. The van der Waals surface area contributed by atoms with Gasteiger partial charge < -0.3 is 14.4 Å². The highest BCUT2D eigenvalue weighted by Crippen LogP contribution is 2.32. The average Bonchev–Trinajstić information content (AvgIpc) is 2.79. The minimum atomic E-state index is -0.815. The van der Waals surface area contributed by atoms with E-state index in [4.69, 9.17) is 9.47 Å². The number of hydrogen-bond acceptors (Lipinski definition) is 6. The second-order valence-corrected chi connectivity index (χ2v) is 7.61. The third-order valence-corrected chi connectivity index (χ3v) is 5.47. The summed E-state index contributed by atoms with van der Waals surface area (Å²) in [4.78, 5) is 38.0. The second-order valence-electron chi connectivity index (χ2n) is 7.61. The number of likely N-dealkylation sites (N-methyl/N-ethyl adjacent to an activating group) is 1. The first-order chi connectivity index (χ1) is 14.4. The molecule has 1 aromatic rings. The Morgan fingerprint density at radius 2 is 1.77 bits per heavy atom. The second kappa shape index (κ2) is 11.3. The number of benzene rings is 1. The quantitative estimate of drug-likeness (QED) is 0.428. The average molecular weight is 415 g/mol. The first kappa shape index (κ1) is 23.4. The molecule has 0 bridgehead atoms. The van der Waals surface area contributed by atoms with Gasteiger partial charge >= 0.3 is 5.97 Å². The fourth-order valence-corrected chi connectivity index (χ4v) is 3.53. The fraction of sp³-hybridized carbons (Fsp3) is 0.565. The third-order valence-electron chi connectivity index (χ3n) is 5.47. The monoisotopic (exact) mass is 414 g/mol. The number of carbonyl (C=O) groups excluding carboxylic acids is 3. The summed E-state index contributed by atoms with van der Waals surface area (Å²) in [6.07, 6.45) is 4.93. The Morgan fingerprint density at radius 3 is 2.37 bits per heavy atom. The summed E-state index contributed by atoms with van der Waals surface area (Å²) in [5.74, 6) is -0.491. The number of Topliss-reactive ketones (excluding diaryl/α,β-unsaturated/α-hetero) is 1. The van der Waals surface area contributed by atoms with Gasteiger partial charge in [0.15, 0.2) is 12.4 Å². The van der Waals surface area contributed by atoms with Crippen molar-refractivity contribution in [1.82, 2.24) is 4.90 Å². The minimum Gasteiger partial charge on any atom is -0.494 e. The molecule has 0 N–H and O–H groups in total. The Hall–Kier alpha value is -2.88. The highest BCUT2D eigenvalue weighted by atomic mass is 16.5. The molecule has 0 aliphatic heterocycles. The van der Waals surface area contributed by atoms with Crippen LogP contribution in [0.25, 0.3) is 0 Å². The molecule has 0 spiro atoms. The number of ether oxygens (including phenoxy) is 2. The van der Waals surface area contributed by atoms with Gasteiger partial charge in [-0.2, -0.15) is 5.26 Å². The van der Waals surface area contributed by atoms with Crippen LogP contribution in [-0.2, 0) is 14.3 Å². The molecule has 1 amide bonds. The van der Waals surface area contributed by atoms with Crippen molar-refractivity contribution in [2.75, 3.05) is 20.3 Å². The first-order valence-corrected chi connectivity index (χ1v) is 10.5. The summed E-state index contributed by atoms with van der Waals surface area (Å²) in [5.41, 5.74) is -0.319. The maximum atomic E-state index is 12.4. The largest absolute Gasteiger partial charge is 0.494 e. The molecule has 0 saturated heterocycles. The van der Waals surface area contributed by atoms with Crippen LogP contribution in [0.4, 0.5) is 0 Å². The molecule has 1 fully saturated rings. The topological polar surface area (TPSA) is 96.7 Å². The van der Waals surface area contributed by atoms with Crippen LogP contribution in [0.2, 0.25) is 0 Å². The van der Waals surface area contributed by atoms with Gasteiger partial charge in [0.1, 0.15) is 11.3 Å². The van der Waals surface area contributed by atoms with E-state index in [0.717, 1.165) is 25.7 Å². The molecule has 1 aromatic carbocycles. The van der Waals surface area contributed by atoms with Gasteiger partial charge in [0, 0.05) is 19.0 Å². The van der Waals surface area contributed by atoms with Gasteiger partial charge in [0.2, 0.25) is 0 Å². The predicted octanol–water partition coefficient (Wildman–Crippen LogP) is 3.67. The Labute approximate surface area is 177 Å². The van der Waals surface area contributed by atoms with Crippen molar-refractivity contribution in [3.05, 3.63) is 29.8 Å². The van der Waals surface area contributed by atoms with Crippen LogP contribution < -0.4 is 4.74 Å². The van der Waals surface area contributed by atoms with Crippen molar-refractivity contribution in [3.63, 3.8) is 0 Å². The summed E-state index contributed by atoms with van der Waals surface area (Å²) >= 11 is 0. The fourth-order valence-electron chi connectivity index (χ4n) is 3.53. The summed E-state index contributed by atoms with van der Waals surface area (Å²) in [6, 6.07) is 9.07. The lowest BCUT2D eigenvalue weighted by Gasteiger charge is -2.38. The summed E-state index contributed by atoms with van der Waals surface area (Å²) < 4.78 is 10.5. The van der Waals surface area contributed by atoms with Crippen LogP contribution in [0.5, 0.6) is 5.75 Å². The molecule has 0 heterocycles. The van der Waals surface area contributed by atoms with E-state index in [1.165, 1.54) is 4.90 Å². The van der Waals surface area contributed by atoms with Gasteiger partial charge in [-0.3, -0.25) is 14.4 Å². The summed E-state index contributed by atoms with van der Waals surface area (Å²) in [7, 11) is 1.59. The molecule has 2 rings (SSSR count). The molecular formula is C23H30N2O5. The predicted molar refractivity (Wildman–Crippen MR) is 111 cm³/mol. The van der Waals surface area contributed by atoms with Crippen molar-refractivity contribution >= 4 is 17.7 Å². The maximum absolute atomic E-state index is 12.4. The van der Waals surface area contributed by atoms with E-state index >= 15 is 0 Å². The molecule has 7 heteroatoms. The highest BCUT2D eigenvalue weighted by molar-refractivity contribution is 5.97. The number of amides is 1. The van der Waals surface area contributed by atoms with Crippen LogP contribution in [0, 0.1) is 11.3 Å². The Kier molecular flexibility index (Phi) is 8.85. The van der Waals surface area contributed by atoms with Crippen molar-refractivity contribution in [3.8, 4) is 11.8 Å². The van der Waals surface area contributed by atoms with Crippen LogP contribution in [0.15, 0.2) is 24.3 Å². The molecule has 1 aliphatic rings. The van der Waals surface area contributed by atoms with Crippen LogP contribution in [0.3, 0.4) is 0 Å². The molecule has 0 radical (unpaired) electrons. The van der Waals surface area contributed by atoms with Crippen molar-refractivity contribution in [2.24, 2.45) is 0 Å². The molecule has 30 heavy (non-hydrogen) atoms. The Bertz CT molecular complexity index is 776. The van der Waals surface area contributed by atoms with Crippen molar-refractivity contribution in [2.45, 2.75) is 63.8 Å². The van der Waals surface area contributed by atoms with Crippen LogP contribution in [0.1, 0.15) is 68.6 Å². The zero-order valence-electron chi connectivity index (χ0n) is 17.8. The minimum absolute atomic E-state index is 0.000159. The van der Waals surface area contributed by atoms with Gasteiger partial charge in [-0.05, 0) is 43.5 Å². The molecule has 7 nitrogen and oxygen atoms in total. The van der Waals surface area contributed by atoms with Crippen LogP contribution >= 0.6 is 0 Å². The van der Waals surface area contributed by atoms with Crippen molar-refractivity contribution in [1.29, 1.82) is 5.26 Å². The van der Waals surface area contributed by atoms with E-state index < -0.39 is 24.0 Å². The molecule has 0 unspecified atom stereocenters. The maximum Gasteiger partial charge on any atom is 0.306 e. The standard InChI is InChI=1S/C23H30N2O5/c1-3-15-29-19-9-7-18(8-10-19)20(26)11-12-22(28)30-16-21(27)25(2)23(17-24)13-5-4-6-14-23/h7-10H,3-6,11-16H2,1-2H3. The van der Waals surface area contributed by atoms with E-state index in [1.54, 1.807) is 31.3 Å². The van der Waals surface area contributed by atoms with Gasteiger partial charge in [-0.15, -0.1) is 0 Å². The SMILES string of the molecule is CCCOc1ccc(C(=O)CCC(=O)OCC(=O)N(C)C2(C#N)CCCCC2)cc1. The molecular weight excluding hydrogens is 384 g/mol. The zero-order chi connectivity index (χ0) is 22.0. The number of ketones is 1. The van der Waals surface area contributed by atoms with Crippen LogP contribution in [-0.4, -0.2) is 48.4 Å². The molecule has 1 aliphatic carbocycles. The van der Waals surface area contributed by atoms with Crippen molar-refractivity contribution < 1.29 is 23.9 Å². The third kappa shape index (κ3) is 6.31.